The van der Waals surface area contributed by atoms with E-state index in [0.717, 1.165) is 50.7 Å². The van der Waals surface area contributed by atoms with Crippen molar-refractivity contribution in [3.8, 4) is 0 Å². The van der Waals surface area contributed by atoms with Crippen molar-refractivity contribution < 1.29 is 9.53 Å². The Bertz CT molecular complexity index is 476. The minimum atomic E-state index is -0.324. The molecule has 6 heteroatoms. The van der Waals surface area contributed by atoms with Gasteiger partial charge < -0.3 is 20.7 Å². The number of rotatable bonds is 7. The maximum Gasteiger partial charge on any atom is 0.231 e. The maximum atomic E-state index is 10.7. The smallest absolute Gasteiger partial charge is 0.231 e. The van der Waals surface area contributed by atoms with Crippen LogP contribution in [0.5, 0.6) is 0 Å². The first-order chi connectivity index (χ1) is 10.2. The van der Waals surface area contributed by atoms with Crippen molar-refractivity contribution in [3.63, 3.8) is 0 Å². The number of carbonyl (C=O) groups is 1. The molecule has 1 saturated heterocycles. The van der Waals surface area contributed by atoms with Crippen molar-refractivity contribution in [3.05, 3.63) is 28.8 Å². The molecule has 0 aromatic heterocycles. The third-order valence-electron chi connectivity index (χ3n) is 3.50. The summed E-state index contributed by atoms with van der Waals surface area (Å²) in [5.41, 5.74) is 7.56. The van der Waals surface area contributed by atoms with Crippen LogP contribution in [0.3, 0.4) is 0 Å². The zero-order valence-corrected chi connectivity index (χ0v) is 12.9. The quantitative estimate of drug-likeness (QED) is 0.742. The van der Waals surface area contributed by atoms with Crippen LogP contribution in [0.4, 0.5) is 5.69 Å². The molecule has 0 bridgehead atoms. The number of aryl methyl sites for hydroxylation is 1. The lowest BCUT2D eigenvalue weighted by atomic mass is 10.1. The Morgan fingerprint density at radius 2 is 2.14 bits per heavy atom. The second-order valence-electron chi connectivity index (χ2n) is 5.12. The molecular weight excluding hydrogens is 290 g/mol. The Morgan fingerprint density at radius 1 is 1.38 bits per heavy atom. The van der Waals surface area contributed by atoms with Gasteiger partial charge in [0.05, 0.1) is 19.8 Å². The molecule has 3 N–H and O–H groups in total. The summed E-state index contributed by atoms with van der Waals surface area (Å²) >= 11 is 6.13. The fourth-order valence-electron chi connectivity index (χ4n) is 2.46. The Kier molecular flexibility index (Phi) is 6.29. The van der Waals surface area contributed by atoms with Crippen molar-refractivity contribution in [1.29, 1.82) is 0 Å². The molecule has 0 aliphatic carbocycles. The van der Waals surface area contributed by atoms with E-state index in [4.69, 9.17) is 22.1 Å². The number of hydrogen-bond acceptors (Lipinski definition) is 4. The van der Waals surface area contributed by atoms with Crippen LogP contribution in [-0.2, 0) is 16.0 Å². The monoisotopic (exact) mass is 311 g/mol. The van der Waals surface area contributed by atoms with Gasteiger partial charge in [-0.1, -0.05) is 17.7 Å². The number of nitrogens with zero attached hydrogens (tertiary/aromatic N) is 1. The summed E-state index contributed by atoms with van der Waals surface area (Å²) in [5, 5.41) is 3.79. The summed E-state index contributed by atoms with van der Waals surface area (Å²) in [4.78, 5) is 13.0. The highest BCUT2D eigenvalue weighted by Gasteiger charge is 2.15. The second kappa shape index (κ2) is 8.22. The molecule has 0 saturated carbocycles. The first-order valence-corrected chi connectivity index (χ1v) is 7.65. The van der Waals surface area contributed by atoms with Crippen LogP contribution in [0.2, 0.25) is 5.02 Å². The van der Waals surface area contributed by atoms with Gasteiger partial charge in [-0.25, -0.2) is 0 Å². The maximum absolute atomic E-state index is 10.7. The Morgan fingerprint density at radius 3 is 2.86 bits per heavy atom. The van der Waals surface area contributed by atoms with Gasteiger partial charge in [0.15, 0.2) is 0 Å². The minimum Gasteiger partial charge on any atom is -0.378 e. The molecule has 21 heavy (non-hydrogen) atoms. The highest BCUT2D eigenvalue weighted by Crippen LogP contribution is 2.26. The zero-order valence-electron chi connectivity index (χ0n) is 12.1. The van der Waals surface area contributed by atoms with E-state index in [9.17, 15) is 4.79 Å². The molecule has 0 spiro atoms. The summed E-state index contributed by atoms with van der Waals surface area (Å²) in [5.74, 6) is -0.324. The highest BCUT2D eigenvalue weighted by atomic mass is 35.5. The fraction of sp³-hybridized carbons (Fsp3) is 0.533. The van der Waals surface area contributed by atoms with Crippen molar-refractivity contribution in [2.45, 2.75) is 12.8 Å². The Hall–Kier alpha value is -1.30. The van der Waals surface area contributed by atoms with Crippen molar-refractivity contribution in [2.24, 2.45) is 5.73 Å². The molecule has 5 nitrogen and oxygen atoms in total. The molecule has 0 radical (unpaired) electrons. The summed E-state index contributed by atoms with van der Waals surface area (Å²) < 4.78 is 5.40. The molecule has 1 fully saturated rings. The van der Waals surface area contributed by atoms with Gasteiger partial charge in [-0.3, -0.25) is 4.79 Å². The number of primary amides is 1. The van der Waals surface area contributed by atoms with Gasteiger partial charge in [-0.05, 0) is 37.1 Å². The van der Waals surface area contributed by atoms with Crippen molar-refractivity contribution in [2.75, 3.05) is 44.3 Å². The van der Waals surface area contributed by atoms with E-state index in [1.165, 1.54) is 11.3 Å². The topological polar surface area (TPSA) is 67.6 Å². The van der Waals surface area contributed by atoms with Gasteiger partial charge in [0, 0.05) is 23.8 Å². The zero-order chi connectivity index (χ0) is 15.1. The standard InChI is InChI=1S/C15H22ClN3O2/c16-13-4-3-12(2-1-5-18-11-15(17)20)14(10-13)19-6-8-21-9-7-19/h3-4,10,18H,1-2,5-9,11H2,(H2,17,20). The number of ether oxygens (including phenoxy) is 1. The number of amides is 1. The van der Waals surface area contributed by atoms with E-state index in [1.807, 2.05) is 12.1 Å². The molecule has 1 aromatic carbocycles. The predicted molar refractivity (Wildman–Crippen MR) is 84.9 cm³/mol. The van der Waals surface area contributed by atoms with Gasteiger partial charge in [0.25, 0.3) is 0 Å². The van der Waals surface area contributed by atoms with Gasteiger partial charge in [0.2, 0.25) is 5.91 Å². The SMILES string of the molecule is NC(=O)CNCCCc1ccc(Cl)cc1N1CCOCC1. The largest absolute Gasteiger partial charge is 0.378 e. The summed E-state index contributed by atoms with van der Waals surface area (Å²) in [7, 11) is 0. The van der Waals surface area contributed by atoms with E-state index in [0.29, 0.717) is 0 Å². The third kappa shape index (κ3) is 5.19. The lowest BCUT2D eigenvalue weighted by Gasteiger charge is -2.31. The number of halogens is 1. The van der Waals surface area contributed by atoms with Gasteiger partial charge >= 0.3 is 0 Å². The van der Waals surface area contributed by atoms with E-state index >= 15 is 0 Å². The van der Waals surface area contributed by atoms with Crippen molar-refractivity contribution in [1.82, 2.24) is 5.32 Å². The van der Waals surface area contributed by atoms with Crippen LogP contribution >= 0.6 is 11.6 Å². The van der Waals surface area contributed by atoms with Gasteiger partial charge in [-0.2, -0.15) is 0 Å². The molecule has 1 amide bonds. The normalized spacial score (nSPS) is 15.2. The van der Waals surface area contributed by atoms with Crippen LogP contribution in [0.15, 0.2) is 18.2 Å². The molecule has 0 unspecified atom stereocenters. The lowest BCUT2D eigenvalue weighted by molar-refractivity contribution is -0.117. The van der Waals surface area contributed by atoms with Gasteiger partial charge in [0.1, 0.15) is 0 Å². The lowest BCUT2D eigenvalue weighted by Crippen LogP contribution is -2.36. The van der Waals surface area contributed by atoms with Gasteiger partial charge in [-0.15, -0.1) is 0 Å². The summed E-state index contributed by atoms with van der Waals surface area (Å²) in [6, 6.07) is 6.04. The summed E-state index contributed by atoms with van der Waals surface area (Å²) in [6.45, 7) is 4.31. The Balaban J connectivity index is 1.93. The van der Waals surface area contributed by atoms with E-state index in [2.05, 4.69) is 16.3 Å². The molecule has 1 heterocycles. The van der Waals surface area contributed by atoms with E-state index in [1.54, 1.807) is 0 Å². The molecule has 0 atom stereocenters. The number of hydrogen-bond donors (Lipinski definition) is 2. The van der Waals surface area contributed by atoms with Crippen LogP contribution < -0.4 is 16.0 Å². The number of benzene rings is 1. The van der Waals surface area contributed by atoms with Crippen LogP contribution in [0.25, 0.3) is 0 Å². The average molecular weight is 312 g/mol. The molecule has 116 valence electrons. The predicted octanol–water partition coefficient (Wildman–Crippen LogP) is 1.18. The number of nitrogens with two attached hydrogens (primary N) is 1. The first-order valence-electron chi connectivity index (χ1n) is 7.27. The van der Waals surface area contributed by atoms with E-state index in [-0.39, 0.29) is 12.5 Å². The van der Waals surface area contributed by atoms with Crippen molar-refractivity contribution >= 4 is 23.2 Å². The molecule has 1 aliphatic heterocycles. The molecular formula is C15H22ClN3O2. The number of nitrogens with one attached hydrogen (secondary N) is 1. The Labute approximate surface area is 130 Å². The highest BCUT2D eigenvalue weighted by molar-refractivity contribution is 6.30. The third-order valence-corrected chi connectivity index (χ3v) is 3.73. The van der Waals surface area contributed by atoms with Crippen LogP contribution in [0.1, 0.15) is 12.0 Å². The van der Waals surface area contributed by atoms with Crippen LogP contribution in [0, 0.1) is 0 Å². The number of anilines is 1. The number of carbonyl (C=O) groups excluding carboxylic acids is 1. The average Bonchev–Trinajstić information content (AvgIpc) is 2.49. The van der Waals surface area contributed by atoms with Crippen LogP contribution in [-0.4, -0.2) is 45.3 Å². The van der Waals surface area contributed by atoms with E-state index < -0.39 is 0 Å². The molecule has 1 aromatic rings. The molecule has 1 aliphatic rings. The first kappa shape index (κ1) is 16.1. The number of morpholine rings is 1. The summed E-state index contributed by atoms with van der Waals surface area (Å²) in [6.07, 6.45) is 1.89. The molecule has 2 rings (SSSR count). The minimum absolute atomic E-state index is 0.233. The fourth-order valence-corrected chi connectivity index (χ4v) is 2.63. The second-order valence-corrected chi connectivity index (χ2v) is 5.56.